The molecule has 0 aliphatic heterocycles. The summed E-state index contributed by atoms with van der Waals surface area (Å²) in [7, 11) is 0. The van der Waals surface area contributed by atoms with Gasteiger partial charge in [-0.15, -0.1) is 0 Å². The van der Waals surface area contributed by atoms with Crippen LogP contribution in [0, 0.1) is 11.6 Å². The van der Waals surface area contributed by atoms with Gasteiger partial charge in [-0.3, -0.25) is 5.32 Å². The zero-order valence-corrected chi connectivity index (χ0v) is 11.5. The van der Waals surface area contributed by atoms with Crippen molar-refractivity contribution in [2.24, 2.45) is 0 Å². The zero-order chi connectivity index (χ0) is 14.7. The molecule has 0 aliphatic rings. The van der Waals surface area contributed by atoms with Gasteiger partial charge in [-0.1, -0.05) is 0 Å². The second kappa shape index (κ2) is 5.83. The van der Waals surface area contributed by atoms with Crippen LogP contribution < -0.4 is 16.4 Å². The van der Waals surface area contributed by atoms with Crippen molar-refractivity contribution in [3.63, 3.8) is 0 Å². The Balaban J connectivity index is 2.09. The lowest BCUT2D eigenvalue weighted by Gasteiger charge is -2.09. The summed E-state index contributed by atoms with van der Waals surface area (Å²) in [6.45, 7) is 0. The molecule has 20 heavy (non-hydrogen) atoms. The second-order valence-electron chi connectivity index (χ2n) is 3.80. The summed E-state index contributed by atoms with van der Waals surface area (Å²) >= 11 is 3.18. The van der Waals surface area contributed by atoms with E-state index in [4.69, 9.17) is 5.73 Å². The third kappa shape index (κ3) is 3.41. The Bertz CT molecular complexity index is 610. The van der Waals surface area contributed by atoms with Crippen LogP contribution >= 0.6 is 15.9 Å². The molecular formula is C12H9BrF2N4O. The van der Waals surface area contributed by atoms with Crippen molar-refractivity contribution in [1.82, 2.24) is 4.98 Å². The number of anilines is 3. The number of nitrogens with one attached hydrogen (secondary N) is 2. The topological polar surface area (TPSA) is 80.0 Å². The van der Waals surface area contributed by atoms with Gasteiger partial charge in [-0.25, -0.2) is 18.6 Å². The van der Waals surface area contributed by atoms with Crippen LogP contribution in [0.15, 0.2) is 34.9 Å². The number of nitrogen functional groups attached to an aromatic ring is 1. The monoisotopic (exact) mass is 342 g/mol. The minimum absolute atomic E-state index is 0.143. The number of carbonyl (C=O) groups excluding carboxylic acids is 1. The van der Waals surface area contributed by atoms with E-state index in [-0.39, 0.29) is 11.5 Å². The van der Waals surface area contributed by atoms with Crippen LogP contribution in [0.4, 0.5) is 30.8 Å². The van der Waals surface area contributed by atoms with Gasteiger partial charge in [-0.2, -0.15) is 0 Å². The Kier molecular flexibility index (Phi) is 4.14. The summed E-state index contributed by atoms with van der Waals surface area (Å²) in [5.41, 5.74) is 5.79. The van der Waals surface area contributed by atoms with Crippen LogP contribution in [0.2, 0.25) is 0 Å². The quantitative estimate of drug-likeness (QED) is 0.782. The largest absolute Gasteiger partial charge is 0.397 e. The van der Waals surface area contributed by atoms with E-state index in [1.165, 1.54) is 6.20 Å². The molecule has 2 amide bonds. The van der Waals surface area contributed by atoms with E-state index in [1.807, 2.05) is 0 Å². The van der Waals surface area contributed by atoms with Crippen LogP contribution in [0.25, 0.3) is 0 Å². The fourth-order valence-corrected chi connectivity index (χ4v) is 1.86. The van der Waals surface area contributed by atoms with E-state index in [2.05, 4.69) is 31.5 Å². The highest BCUT2D eigenvalue weighted by atomic mass is 79.9. The van der Waals surface area contributed by atoms with Crippen LogP contribution in [0.1, 0.15) is 0 Å². The molecule has 0 spiro atoms. The van der Waals surface area contributed by atoms with Crippen molar-refractivity contribution in [2.75, 3.05) is 16.4 Å². The van der Waals surface area contributed by atoms with Crippen molar-refractivity contribution in [1.29, 1.82) is 0 Å². The number of urea groups is 1. The lowest BCUT2D eigenvalue weighted by atomic mass is 10.3. The number of halogens is 3. The summed E-state index contributed by atoms with van der Waals surface area (Å²) in [6.07, 6.45) is 1.36. The van der Waals surface area contributed by atoms with E-state index >= 15 is 0 Å². The molecule has 8 heteroatoms. The molecule has 104 valence electrons. The van der Waals surface area contributed by atoms with Crippen molar-refractivity contribution >= 4 is 39.2 Å². The Morgan fingerprint density at radius 3 is 2.65 bits per heavy atom. The minimum Gasteiger partial charge on any atom is -0.397 e. The van der Waals surface area contributed by atoms with E-state index in [1.54, 1.807) is 6.07 Å². The van der Waals surface area contributed by atoms with Crippen molar-refractivity contribution in [3.8, 4) is 0 Å². The molecule has 2 aromatic rings. The van der Waals surface area contributed by atoms with Crippen LogP contribution in [-0.2, 0) is 0 Å². The minimum atomic E-state index is -0.871. The molecular weight excluding hydrogens is 334 g/mol. The summed E-state index contributed by atoms with van der Waals surface area (Å²) in [6, 6.07) is 3.67. The first-order valence-electron chi connectivity index (χ1n) is 5.40. The number of hydrogen-bond acceptors (Lipinski definition) is 3. The molecule has 0 aliphatic carbocycles. The summed E-state index contributed by atoms with van der Waals surface area (Å²) in [4.78, 5) is 15.6. The Morgan fingerprint density at radius 1 is 1.25 bits per heavy atom. The molecule has 0 unspecified atom stereocenters. The number of nitrogens with two attached hydrogens (primary N) is 1. The highest BCUT2D eigenvalue weighted by molar-refractivity contribution is 9.10. The number of hydrogen-bond donors (Lipinski definition) is 3. The number of benzene rings is 1. The predicted molar refractivity (Wildman–Crippen MR) is 75.3 cm³/mol. The van der Waals surface area contributed by atoms with Gasteiger partial charge >= 0.3 is 6.03 Å². The number of aromatic nitrogens is 1. The molecule has 0 saturated carbocycles. The maximum Gasteiger partial charge on any atom is 0.324 e. The number of pyridine rings is 1. The van der Waals surface area contributed by atoms with Crippen LogP contribution in [0.3, 0.4) is 0 Å². The van der Waals surface area contributed by atoms with E-state index in [9.17, 15) is 13.6 Å². The van der Waals surface area contributed by atoms with Crippen LogP contribution in [0.5, 0.6) is 0 Å². The first kappa shape index (κ1) is 14.2. The number of nitrogens with zero attached hydrogens (tertiary/aromatic N) is 1. The van der Waals surface area contributed by atoms with Crippen molar-refractivity contribution in [2.45, 2.75) is 0 Å². The predicted octanol–water partition coefficient (Wildman–Crippen LogP) is 3.35. The fraction of sp³-hybridized carbons (Fsp3) is 0. The second-order valence-corrected chi connectivity index (χ2v) is 4.66. The third-order valence-corrected chi connectivity index (χ3v) is 2.88. The number of rotatable bonds is 2. The molecule has 2 rings (SSSR count). The normalized spacial score (nSPS) is 10.2. The molecule has 5 nitrogen and oxygen atoms in total. The average Bonchev–Trinajstić information content (AvgIpc) is 2.36. The van der Waals surface area contributed by atoms with E-state index in [0.717, 1.165) is 12.1 Å². The highest BCUT2D eigenvalue weighted by Gasteiger charge is 2.10. The fourth-order valence-electron chi connectivity index (χ4n) is 1.40. The average molecular weight is 343 g/mol. The SMILES string of the molecule is Nc1cnc(NC(=O)Nc2ccc(F)cc2F)c(Br)c1. The Hall–Kier alpha value is -2.22. The van der Waals surface area contributed by atoms with E-state index < -0.39 is 17.7 Å². The molecule has 1 aromatic carbocycles. The number of carbonyl (C=O) groups is 1. The molecule has 1 heterocycles. The van der Waals surface area contributed by atoms with Crippen molar-refractivity contribution < 1.29 is 13.6 Å². The zero-order valence-electron chi connectivity index (χ0n) is 9.95. The van der Waals surface area contributed by atoms with Gasteiger partial charge in [0, 0.05) is 6.07 Å². The standard InChI is InChI=1S/C12H9BrF2N4O/c13-8-4-7(16)5-17-11(8)19-12(20)18-10-2-1-6(14)3-9(10)15/h1-5H,16H2,(H2,17,18,19,20). The number of amides is 2. The van der Waals surface area contributed by atoms with Crippen LogP contribution in [-0.4, -0.2) is 11.0 Å². The molecule has 0 fully saturated rings. The van der Waals surface area contributed by atoms with Gasteiger partial charge in [0.15, 0.2) is 0 Å². The lowest BCUT2D eigenvalue weighted by molar-refractivity contribution is 0.262. The molecule has 0 radical (unpaired) electrons. The maximum atomic E-state index is 13.4. The van der Waals surface area contributed by atoms with Crippen molar-refractivity contribution in [3.05, 3.63) is 46.6 Å². The van der Waals surface area contributed by atoms with E-state index in [0.29, 0.717) is 16.2 Å². The third-order valence-electron chi connectivity index (χ3n) is 2.27. The molecule has 0 saturated heterocycles. The maximum absolute atomic E-state index is 13.4. The van der Waals surface area contributed by atoms with Gasteiger partial charge in [0.1, 0.15) is 17.5 Å². The van der Waals surface area contributed by atoms with Gasteiger partial charge in [0.25, 0.3) is 0 Å². The first-order valence-corrected chi connectivity index (χ1v) is 6.19. The Morgan fingerprint density at radius 2 is 2.00 bits per heavy atom. The Labute approximate surface area is 121 Å². The lowest BCUT2D eigenvalue weighted by Crippen LogP contribution is -2.21. The van der Waals surface area contributed by atoms with Gasteiger partial charge < -0.3 is 11.1 Å². The molecule has 1 aromatic heterocycles. The smallest absolute Gasteiger partial charge is 0.324 e. The first-order chi connectivity index (χ1) is 9.45. The molecule has 0 atom stereocenters. The summed E-state index contributed by atoms with van der Waals surface area (Å²) in [5, 5.41) is 4.65. The summed E-state index contributed by atoms with van der Waals surface area (Å²) in [5.74, 6) is -1.37. The van der Waals surface area contributed by atoms with Gasteiger partial charge in [0.05, 0.1) is 22.0 Å². The highest BCUT2D eigenvalue weighted by Crippen LogP contribution is 2.22. The van der Waals surface area contributed by atoms with Gasteiger partial charge in [0.2, 0.25) is 0 Å². The summed E-state index contributed by atoms with van der Waals surface area (Å²) < 4.78 is 26.6. The molecule has 4 N–H and O–H groups in total. The molecule has 0 bridgehead atoms. The van der Waals surface area contributed by atoms with Gasteiger partial charge in [-0.05, 0) is 34.1 Å².